The van der Waals surface area contributed by atoms with Crippen LogP contribution in [0.25, 0.3) is 0 Å². The van der Waals surface area contributed by atoms with Gasteiger partial charge < -0.3 is 10.6 Å². The van der Waals surface area contributed by atoms with E-state index in [1.165, 1.54) is 11.1 Å². The summed E-state index contributed by atoms with van der Waals surface area (Å²) in [5.74, 6) is 0.767. The summed E-state index contributed by atoms with van der Waals surface area (Å²) in [6.45, 7) is 1.54. The topological polar surface area (TPSA) is 70.6 Å². The summed E-state index contributed by atoms with van der Waals surface area (Å²) < 4.78 is 24.1. The molecule has 9 heteroatoms. The molecule has 144 valence electrons. The molecule has 1 aromatic heterocycles. The molecule has 0 atom stereocenters. The second-order valence-corrected chi connectivity index (χ2v) is 10.1. The molecule has 2 rings (SSSR count). The van der Waals surface area contributed by atoms with E-state index in [1.807, 2.05) is 12.1 Å². The van der Waals surface area contributed by atoms with Gasteiger partial charge in [-0.2, -0.15) is 0 Å². The number of guanidine groups is 1. The van der Waals surface area contributed by atoms with Crippen molar-refractivity contribution in [3.8, 4) is 0 Å². The fraction of sp³-hybridized carbons (Fsp3) is 0.353. The first-order valence-electron chi connectivity index (χ1n) is 7.86. The molecule has 0 fully saturated rings. The first-order valence-corrected chi connectivity index (χ1v) is 11.4. The molecule has 1 heterocycles. The second-order valence-electron chi connectivity index (χ2n) is 5.55. The molecule has 0 bridgehead atoms. The Morgan fingerprint density at radius 2 is 1.69 bits per heavy atom. The third-order valence-corrected chi connectivity index (χ3v) is 6.39. The zero-order chi connectivity index (χ0) is 18.3. The fourth-order valence-electron chi connectivity index (χ4n) is 2.24. The van der Waals surface area contributed by atoms with Crippen molar-refractivity contribution < 1.29 is 8.42 Å². The van der Waals surface area contributed by atoms with Crippen LogP contribution in [0.15, 0.2) is 50.1 Å². The van der Waals surface area contributed by atoms with Crippen molar-refractivity contribution in [2.45, 2.75) is 17.7 Å². The number of nitrogens with one attached hydrogen (secondary N) is 2. The van der Waals surface area contributed by atoms with Gasteiger partial charge in [-0.1, -0.05) is 12.1 Å². The van der Waals surface area contributed by atoms with E-state index in [4.69, 9.17) is 0 Å². The maximum atomic E-state index is 11.5. The first-order chi connectivity index (χ1) is 11.9. The minimum absolute atomic E-state index is 0. The maximum Gasteiger partial charge on any atom is 0.190 e. The lowest BCUT2D eigenvalue weighted by atomic mass is 10.1. The van der Waals surface area contributed by atoms with Gasteiger partial charge in [0, 0.05) is 31.3 Å². The van der Waals surface area contributed by atoms with E-state index in [-0.39, 0.29) is 24.0 Å². The Kier molecular flexibility index (Phi) is 10.1. The van der Waals surface area contributed by atoms with E-state index in [0.717, 1.165) is 41.2 Å². The van der Waals surface area contributed by atoms with Crippen LogP contribution in [0.2, 0.25) is 0 Å². The Hall–Kier alpha value is -0.650. The van der Waals surface area contributed by atoms with E-state index < -0.39 is 9.84 Å². The predicted octanol–water partition coefficient (Wildman–Crippen LogP) is 3.48. The highest BCUT2D eigenvalue weighted by molar-refractivity contribution is 14.0. The minimum atomic E-state index is -3.14. The van der Waals surface area contributed by atoms with Crippen molar-refractivity contribution in [1.29, 1.82) is 0 Å². The average Bonchev–Trinajstić information content (AvgIpc) is 2.98. The first kappa shape index (κ1) is 23.4. The third-order valence-electron chi connectivity index (χ3n) is 3.57. The van der Waals surface area contributed by atoms with Crippen molar-refractivity contribution >= 4 is 67.0 Å². The Labute approximate surface area is 184 Å². The lowest BCUT2D eigenvalue weighted by molar-refractivity contribution is 0.602. The zero-order valence-electron chi connectivity index (χ0n) is 14.7. The average molecular weight is 572 g/mol. The molecule has 5 nitrogen and oxygen atoms in total. The highest BCUT2D eigenvalue weighted by atomic mass is 127. The summed E-state index contributed by atoms with van der Waals surface area (Å²) in [4.78, 5) is 5.88. The Bertz CT molecular complexity index is 821. The van der Waals surface area contributed by atoms with Crippen molar-refractivity contribution in [3.05, 3.63) is 50.6 Å². The summed E-state index contributed by atoms with van der Waals surface area (Å²) in [7, 11) is -1.39. The van der Waals surface area contributed by atoms with Crippen molar-refractivity contribution in [2.24, 2.45) is 4.99 Å². The van der Waals surface area contributed by atoms with Gasteiger partial charge >= 0.3 is 0 Å². The van der Waals surface area contributed by atoms with E-state index >= 15 is 0 Å². The molecule has 0 saturated carbocycles. The molecule has 0 radical (unpaired) electrons. The number of aliphatic imine (C=N–C) groups is 1. The molecule has 2 N–H and O–H groups in total. The summed E-state index contributed by atoms with van der Waals surface area (Å²) in [6.07, 6.45) is 2.96. The minimum Gasteiger partial charge on any atom is -0.356 e. The summed E-state index contributed by atoms with van der Waals surface area (Å²) in [5.41, 5.74) is 1.08. The quantitative estimate of drug-likeness (QED) is 0.303. The molecule has 0 aliphatic carbocycles. The lowest BCUT2D eigenvalue weighted by Gasteiger charge is -2.11. The highest BCUT2D eigenvalue weighted by Gasteiger charge is 2.06. The molecule has 0 amide bonds. The molecule has 1 aromatic carbocycles. The molecule has 26 heavy (non-hydrogen) atoms. The number of hydrogen-bond acceptors (Lipinski definition) is 4. The van der Waals surface area contributed by atoms with E-state index in [1.54, 1.807) is 30.5 Å². The molecule has 0 spiro atoms. The Balaban J connectivity index is 0.00000338. The number of benzene rings is 1. The monoisotopic (exact) mass is 571 g/mol. The van der Waals surface area contributed by atoms with Gasteiger partial charge in [0.05, 0.1) is 8.68 Å². The van der Waals surface area contributed by atoms with Gasteiger partial charge in [-0.05, 0) is 58.6 Å². The van der Waals surface area contributed by atoms with Gasteiger partial charge in [-0.3, -0.25) is 4.99 Å². The van der Waals surface area contributed by atoms with E-state index in [2.05, 4.69) is 43.7 Å². The maximum absolute atomic E-state index is 11.5. The lowest BCUT2D eigenvalue weighted by Crippen LogP contribution is -2.39. The van der Waals surface area contributed by atoms with Gasteiger partial charge in [0.25, 0.3) is 0 Å². The molecular weight excluding hydrogens is 549 g/mol. The number of thiophene rings is 1. The molecule has 0 saturated heterocycles. The van der Waals surface area contributed by atoms with Crippen LogP contribution in [0.3, 0.4) is 0 Å². The highest BCUT2D eigenvalue weighted by Crippen LogP contribution is 2.22. The van der Waals surface area contributed by atoms with E-state index in [0.29, 0.717) is 4.90 Å². The van der Waals surface area contributed by atoms with Gasteiger partial charge in [0.2, 0.25) is 0 Å². The number of rotatable bonds is 7. The number of hydrogen-bond donors (Lipinski definition) is 2. The fourth-order valence-corrected chi connectivity index (χ4v) is 4.35. The number of nitrogens with zero attached hydrogens (tertiary/aromatic N) is 1. The standard InChI is InChI=1S/C17H22BrN3O2S2.HI/c1-19-17(21-12-10-14-5-8-16(18)24-14)20-11-9-13-3-6-15(7-4-13)25(2,22)23;/h3-8H,9-12H2,1-2H3,(H2,19,20,21);1H. The van der Waals surface area contributed by atoms with Crippen LogP contribution in [-0.4, -0.2) is 40.8 Å². The smallest absolute Gasteiger partial charge is 0.190 e. The Morgan fingerprint density at radius 3 is 2.19 bits per heavy atom. The van der Waals surface area contributed by atoms with Gasteiger partial charge in [-0.25, -0.2) is 8.42 Å². The molecule has 2 aromatic rings. The molecule has 0 aliphatic rings. The van der Waals surface area contributed by atoms with Gasteiger partial charge in [0.15, 0.2) is 15.8 Å². The van der Waals surface area contributed by atoms with Gasteiger partial charge in [0.1, 0.15) is 0 Å². The molecule has 0 aliphatic heterocycles. The van der Waals surface area contributed by atoms with Crippen molar-refractivity contribution in [2.75, 3.05) is 26.4 Å². The predicted molar refractivity (Wildman–Crippen MR) is 124 cm³/mol. The van der Waals surface area contributed by atoms with Crippen LogP contribution in [0, 0.1) is 0 Å². The van der Waals surface area contributed by atoms with Crippen LogP contribution >= 0.6 is 51.2 Å². The molecular formula is C17H23BrIN3O2S2. The van der Waals surface area contributed by atoms with Crippen LogP contribution in [0.4, 0.5) is 0 Å². The van der Waals surface area contributed by atoms with Crippen LogP contribution in [0.5, 0.6) is 0 Å². The summed E-state index contributed by atoms with van der Waals surface area (Å²) >= 11 is 5.21. The van der Waals surface area contributed by atoms with Crippen LogP contribution < -0.4 is 10.6 Å². The van der Waals surface area contributed by atoms with Crippen molar-refractivity contribution in [1.82, 2.24) is 10.6 Å². The number of sulfone groups is 1. The second kappa shape index (κ2) is 11.3. The van der Waals surface area contributed by atoms with Crippen molar-refractivity contribution in [3.63, 3.8) is 0 Å². The van der Waals surface area contributed by atoms with Crippen LogP contribution in [0.1, 0.15) is 10.4 Å². The van der Waals surface area contributed by atoms with Gasteiger partial charge in [-0.15, -0.1) is 35.3 Å². The van der Waals surface area contributed by atoms with Crippen LogP contribution in [-0.2, 0) is 22.7 Å². The number of halogens is 2. The summed E-state index contributed by atoms with van der Waals surface area (Å²) in [5, 5.41) is 6.56. The SMILES string of the molecule is CN=C(NCCc1ccc(S(C)(=O)=O)cc1)NCCc1ccc(Br)s1.I. The Morgan fingerprint density at radius 1 is 1.08 bits per heavy atom. The van der Waals surface area contributed by atoms with E-state index in [9.17, 15) is 8.42 Å². The summed E-state index contributed by atoms with van der Waals surface area (Å²) in [6, 6.07) is 11.2. The molecule has 0 unspecified atom stereocenters. The zero-order valence-corrected chi connectivity index (χ0v) is 20.2. The normalized spacial score (nSPS) is 11.7. The largest absolute Gasteiger partial charge is 0.356 e. The third kappa shape index (κ3) is 7.93.